The van der Waals surface area contributed by atoms with Gasteiger partial charge in [-0.1, -0.05) is 41.0 Å². The van der Waals surface area contributed by atoms with E-state index in [-0.39, 0.29) is 17.2 Å². The second-order valence-electron chi connectivity index (χ2n) is 6.42. The van der Waals surface area contributed by atoms with E-state index in [0.29, 0.717) is 19.8 Å². The molecule has 0 saturated heterocycles. The molecule has 0 aliphatic carbocycles. The Morgan fingerprint density at radius 3 is 2.15 bits per heavy atom. The van der Waals surface area contributed by atoms with Crippen LogP contribution in [-0.4, -0.2) is 38.9 Å². The van der Waals surface area contributed by atoms with Gasteiger partial charge in [0.05, 0.1) is 13.2 Å². The zero-order chi connectivity index (χ0) is 15.4. The lowest BCUT2D eigenvalue weighted by atomic mass is 9.96. The average Bonchev–Trinajstić information content (AvgIpc) is 2.38. The Morgan fingerprint density at radius 1 is 1.10 bits per heavy atom. The Labute approximate surface area is 124 Å². The molecule has 1 N–H and O–H groups in total. The molecule has 0 aliphatic heterocycles. The quantitative estimate of drug-likeness (QED) is 0.561. The predicted molar refractivity (Wildman–Crippen MR) is 82.8 cm³/mol. The molecule has 0 saturated carbocycles. The summed E-state index contributed by atoms with van der Waals surface area (Å²) in [6.07, 6.45) is 3.14. The minimum Gasteiger partial charge on any atom is -0.381 e. The standard InChI is InChI=1S/C16H33NO3/c1-6-7-10-19-12-16(4,5)13-20-11-8-9-17-15(18)14(2)3/h14H,6-13H2,1-5H3,(H,17,18). The molecule has 0 heterocycles. The van der Waals surface area contributed by atoms with Gasteiger partial charge in [0.1, 0.15) is 0 Å². The zero-order valence-electron chi connectivity index (χ0n) is 14.0. The largest absolute Gasteiger partial charge is 0.381 e. The number of hydrogen-bond donors (Lipinski definition) is 1. The molecular formula is C16H33NO3. The Hall–Kier alpha value is -0.610. The monoisotopic (exact) mass is 287 g/mol. The molecule has 0 unspecified atom stereocenters. The third kappa shape index (κ3) is 11.2. The smallest absolute Gasteiger partial charge is 0.222 e. The second-order valence-corrected chi connectivity index (χ2v) is 6.42. The van der Waals surface area contributed by atoms with Gasteiger partial charge in [0.2, 0.25) is 5.91 Å². The number of rotatable bonds is 12. The van der Waals surface area contributed by atoms with Crippen molar-refractivity contribution in [3.63, 3.8) is 0 Å². The Balaban J connectivity index is 3.50. The molecule has 1 amide bonds. The highest BCUT2D eigenvalue weighted by molar-refractivity contribution is 5.77. The van der Waals surface area contributed by atoms with Crippen molar-refractivity contribution in [1.29, 1.82) is 0 Å². The molecule has 0 aromatic heterocycles. The molecule has 0 aliphatic rings. The van der Waals surface area contributed by atoms with Crippen LogP contribution in [0.1, 0.15) is 53.9 Å². The van der Waals surface area contributed by atoms with Crippen LogP contribution in [0.25, 0.3) is 0 Å². The predicted octanol–water partition coefficient (Wildman–Crippen LogP) is 3.01. The Morgan fingerprint density at radius 2 is 1.65 bits per heavy atom. The topological polar surface area (TPSA) is 47.6 Å². The van der Waals surface area contributed by atoms with Gasteiger partial charge in [0.25, 0.3) is 0 Å². The highest BCUT2D eigenvalue weighted by atomic mass is 16.5. The Kier molecular flexibility index (Phi) is 10.8. The lowest BCUT2D eigenvalue weighted by molar-refractivity contribution is -0.124. The van der Waals surface area contributed by atoms with E-state index in [2.05, 4.69) is 26.1 Å². The van der Waals surface area contributed by atoms with Crippen LogP contribution < -0.4 is 5.32 Å². The van der Waals surface area contributed by atoms with Crippen molar-refractivity contribution >= 4 is 5.91 Å². The molecule has 0 bridgehead atoms. The summed E-state index contributed by atoms with van der Waals surface area (Å²) >= 11 is 0. The summed E-state index contributed by atoms with van der Waals surface area (Å²) in [5.74, 6) is 0.157. The normalized spacial score (nSPS) is 11.9. The number of nitrogens with one attached hydrogen (secondary N) is 1. The first-order chi connectivity index (χ1) is 9.39. The number of carbonyl (C=O) groups is 1. The van der Waals surface area contributed by atoms with E-state index in [1.54, 1.807) is 0 Å². The van der Waals surface area contributed by atoms with Crippen molar-refractivity contribution < 1.29 is 14.3 Å². The fourth-order valence-corrected chi connectivity index (χ4v) is 1.57. The van der Waals surface area contributed by atoms with E-state index in [1.165, 1.54) is 6.42 Å². The SMILES string of the molecule is CCCCOCC(C)(C)COCCCNC(=O)C(C)C. The third-order valence-corrected chi connectivity index (χ3v) is 2.92. The molecule has 0 fully saturated rings. The van der Waals surface area contributed by atoms with Gasteiger partial charge < -0.3 is 14.8 Å². The van der Waals surface area contributed by atoms with E-state index >= 15 is 0 Å². The summed E-state index contributed by atoms with van der Waals surface area (Å²) in [4.78, 5) is 11.3. The average molecular weight is 287 g/mol. The van der Waals surface area contributed by atoms with Crippen molar-refractivity contribution in [1.82, 2.24) is 5.32 Å². The van der Waals surface area contributed by atoms with Crippen LogP contribution in [-0.2, 0) is 14.3 Å². The lowest BCUT2D eigenvalue weighted by Gasteiger charge is -2.24. The fraction of sp³-hybridized carbons (Fsp3) is 0.938. The van der Waals surface area contributed by atoms with E-state index in [9.17, 15) is 4.79 Å². The summed E-state index contributed by atoms with van der Waals surface area (Å²) in [7, 11) is 0. The van der Waals surface area contributed by atoms with Gasteiger partial charge in [-0.25, -0.2) is 0 Å². The first kappa shape index (κ1) is 19.4. The summed E-state index contributed by atoms with van der Waals surface area (Å²) in [6.45, 7) is 13.9. The minimum atomic E-state index is 0.0505. The van der Waals surface area contributed by atoms with E-state index in [1.807, 2.05) is 13.8 Å². The summed E-state index contributed by atoms with van der Waals surface area (Å²) < 4.78 is 11.3. The first-order valence-corrected chi connectivity index (χ1v) is 7.82. The number of amides is 1. The Bertz CT molecular complexity index is 252. The van der Waals surface area contributed by atoms with Crippen molar-refractivity contribution in [2.45, 2.75) is 53.9 Å². The summed E-state index contributed by atoms with van der Waals surface area (Å²) in [6, 6.07) is 0. The molecule has 0 rings (SSSR count). The van der Waals surface area contributed by atoms with Crippen LogP contribution in [0.15, 0.2) is 0 Å². The van der Waals surface area contributed by atoms with E-state index in [0.717, 1.165) is 26.1 Å². The molecule has 0 atom stereocenters. The van der Waals surface area contributed by atoms with Gasteiger partial charge in [-0.05, 0) is 12.8 Å². The van der Waals surface area contributed by atoms with Crippen LogP contribution in [0.2, 0.25) is 0 Å². The second kappa shape index (κ2) is 11.1. The van der Waals surface area contributed by atoms with Gasteiger partial charge in [-0.2, -0.15) is 0 Å². The molecule has 0 aromatic carbocycles. The van der Waals surface area contributed by atoms with Gasteiger partial charge in [0, 0.05) is 31.1 Å². The highest BCUT2D eigenvalue weighted by Crippen LogP contribution is 2.16. The molecule has 0 spiro atoms. The molecule has 120 valence electrons. The highest BCUT2D eigenvalue weighted by Gasteiger charge is 2.18. The third-order valence-electron chi connectivity index (χ3n) is 2.92. The van der Waals surface area contributed by atoms with Crippen molar-refractivity contribution in [3.8, 4) is 0 Å². The van der Waals surface area contributed by atoms with Crippen LogP contribution in [0.4, 0.5) is 0 Å². The summed E-state index contributed by atoms with van der Waals surface area (Å²) in [5.41, 5.74) is 0.0505. The maximum Gasteiger partial charge on any atom is 0.222 e. The van der Waals surface area contributed by atoms with Gasteiger partial charge in [-0.15, -0.1) is 0 Å². The number of carbonyl (C=O) groups excluding carboxylic acids is 1. The number of ether oxygens (including phenoxy) is 2. The molecule has 0 radical (unpaired) electrons. The maximum absolute atomic E-state index is 11.3. The number of hydrogen-bond acceptors (Lipinski definition) is 3. The summed E-state index contributed by atoms with van der Waals surface area (Å²) in [5, 5.41) is 2.88. The van der Waals surface area contributed by atoms with Crippen molar-refractivity contribution in [2.24, 2.45) is 11.3 Å². The van der Waals surface area contributed by atoms with E-state index in [4.69, 9.17) is 9.47 Å². The molecule has 0 aromatic rings. The lowest BCUT2D eigenvalue weighted by Crippen LogP contribution is -2.30. The van der Waals surface area contributed by atoms with E-state index < -0.39 is 0 Å². The minimum absolute atomic E-state index is 0.0505. The maximum atomic E-state index is 11.3. The van der Waals surface area contributed by atoms with Gasteiger partial charge in [-0.3, -0.25) is 4.79 Å². The first-order valence-electron chi connectivity index (χ1n) is 7.82. The molecule has 4 heteroatoms. The van der Waals surface area contributed by atoms with Crippen LogP contribution in [0.5, 0.6) is 0 Å². The molecule has 4 nitrogen and oxygen atoms in total. The van der Waals surface area contributed by atoms with Crippen LogP contribution >= 0.6 is 0 Å². The van der Waals surface area contributed by atoms with Gasteiger partial charge in [0.15, 0.2) is 0 Å². The van der Waals surface area contributed by atoms with Crippen LogP contribution in [0.3, 0.4) is 0 Å². The fourth-order valence-electron chi connectivity index (χ4n) is 1.57. The van der Waals surface area contributed by atoms with Crippen molar-refractivity contribution in [3.05, 3.63) is 0 Å². The van der Waals surface area contributed by atoms with Crippen LogP contribution in [0, 0.1) is 11.3 Å². The molecule has 20 heavy (non-hydrogen) atoms. The molecular weight excluding hydrogens is 254 g/mol. The van der Waals surface area contributed by atoms with Gasteiger partial charge >= 0.3 is 0 Å². The van der Waals surface area contributed by atoms with Crippen molar-refractivity contribution in [2.75, 3.05) is 33.0 Å². The zero-order valence-corrected chi connectivity index (χ0v) is 14.0. The number of unbranched alkanes of at least 4 members (excludes halogenated alkanes) is 1.